The third-order valence-corrected chi connectivity index (χ3v) is 2.52. The molecule has 2 rings (SSSR count). The van der Waals surface area contributed by atoms with E-state index < -0.39 is 0 Å². The Morgan fingerprint density at radius 1 is 1.33 bits per heavy atom. The van der Waals surface area contributed by atoms with Crippen molar-refractivity contribution in [3.63, 3.8) is 0 Å². The molecular weight excluding hydrogens is 254 g/mol. The van der Waals surface area contributed by atoms with E-state index in [1.165, 1.54) is 0 Å². The van der Waals surface area contributed by atoms with Crippen LogP contribution in [0.25, 0.3) is 0 Å². The van der Waals surface area contributed by atoms with Gasteiger partial charge in [0.05, 0.1) is 6.42 Å². The van der Waals surface area contributed by atoms with E-state index in [-0.39, 0.29) is 11.8 Å². The lowest BCUT2D eigenvalue weighted by atomic mass is 10.1. The van der Waals surface area contributed by atoms with E-state index in [9.17, 15) is 4.79 Å². The number of nitrogens with one attached hydrogen (secondary N) is 1. The Kier molecular flexibility index (Phi) is 3.94. The Bertz CT molecular complexity index is 537. The van der Waals surface area contributed by atoms with Gasteiger partial charge in [-0.2, -0.15) is 0 Å². The molecule has 0 spiro atoms. The molecule has 18 heavy (non-hydrogen) atoms. The molecule has 0 aliphatic heterocycles. The van der Waals surface area contributed by atoms with Crippen molar-refractivity contribution >= 4 is 17.5 Å². The third kappa shape index (κ3) is 3.07. The number of carbonyl (C=O) groups excluding carboxylic acids is 1. The Hall–Kier alpha value is -1.88. The van der Waals surface area contributed by atoms with Crippen molar-refractivity contribution in [2.45, 2.75) is 13.3 Å². The molecule has 94 valence electrons. The fourth-order valence-corrected chi connectivity index (χ4v) is 1.56. The Morgan fingerprint density at radius 2 is 2.06 bits per heavy atom. The lowest BCUT2D eigenvalue weighted by molar-refractivity contribution is 0.0919. The first-order valence-electron chi connectivity index (χ1n) is 5.54. The molecule has 1 aromatic heterocycles. The van der Waals surface area contributed by atoms with Crippen LogP contribution >= 0.6 is 11.6 Å². The molecule has 0 unspecified atom stereocenters. The minimum absolute atomic E-state index is 0.0131. The van der Waals surface area contributed by atoms with E-state index in [1.807, 2.05) is 19.1 Å². The lowest BCUT2D eigenvalue weighted by Crippen LogP contribution is -2.22. The van der Waals surface area contributed by atoms with Gasteiger partial charge in [-0.05, 0) is 24.6 Å². The van der Waals surface area contributed by atoms with E-state index in [0.717, 1.165) is 5.56 Å². The summed E-state index contributed by atoms with van der Waals surface area (Å²) in [6.45, 7) is 2.34. The zero-order valence-corrected chi connectivity index (χ0v) is 10.6. The first kappa shape index (κ1) is 12.6. The second-order valence-electron chi connectivity index (χ2n) is 3.66. The van der Waals surface area contributed by atoms with Gasteiger partial charge in [0.2, 0.25) is 5.89 Å². The van der Waals surface area contributed by atoms with Crippen LogP contribution in [0.2, 0.25) is 5.02 Å². The molecule has 0 aliphatic rings. The van der Waals surface area contributed by atoms with E-state index in [0.29, 0.717) is 23.9 Å². The van der Waals surface area contributed by atoms with Gasteiger partial charge in [-0.25, -0.2) is 0 Å². The molecule has 1 heterocycles. The summed E-state index contributed by atoms with van der Waals surface area (Å²) in [6.07, 6.45) is 0.476. The van der Waals surface area contributed by atoms with Gasteiger partial charge in [0, 0.05) is 11.6 Å². The lowest BCUT2D eigenvalue weighted by Gasteiger charge is -1.97. The zero-order valence-electron chi connectivity index (χ0n) is 9.81. The molecular formula is C12H12ClN3O2. The average molecular weight is 266 g/mol. The highest BCUT2D eigenvalue weighted by molar-refractivity contribution is 6.30. The molecule has 0 radical (unpaired) electrons. The molecule has 0 fully saturated rings. The van der Waals surface area contributed by atoms with Crippen LogP contribution < -0.4 is 5.32 Å². The number of hydrogen-bond donors (Lipinski definition) is 1. The first-order chi connectivity index (χ1) is 8.69. The predicted molar refractivity (Wildman–Crippen MR) is 66.6 cm³/mol. The maximum Gasteiger partial charge on any atom is 0.308 e. The summed E-state index contributed by atoms with van der Waals surface area (Å²) in [5.41, 5.74) is 0.991. The Morgan fingerprint density at radius 3 is 2.72 bits per heavy atom. The summed E-state index contributed by atoms with van der Waals surface area (Å²) in [5, 5.41) is 10.8. The number of aromatic nitrogens is 2. The van der Waals surface area contributed by atoms with Crippen LogP contribution in [-0.4, -0.2) is 22.6 Å². The van der Waals surface area contributed by atoms with Crippen molar-refractivity contribution in [3.8, 4) is 0 Å². The van der Waals surface area contributed by atoms with Crippen molar-refractivity contribution in [2.24, 2.45) is 0 Å². The van der Waals surface area contributed by atoms with Crippen LogP contribution in [0.3, 0.4) is 0 Å². The van der Waals surface area contributed by atoms with Gasteiger partial charge in [-0.3, -0.25) is 4.79 Å². The quantitative estimate of drug-likeness (QED) is 0.919. The number of benzene rings is 1. The van der Waals surface area contributed by atoms with Crippen LogP contribution in [0.1, 0.15) is 29.1 Å². The highest BCUT2D eigenvalue weighted by atomic mass is 35.5. The fraction of sp³-hybridized carbons (Fsp3) is 0.250. The summed E-state index contributed by atoms with van der Waals surface area (Å²) in [7, 11) is 0. The average Bonchev–Trinajstić information content (AvgIpc) is 2.81. The highest BCUT2D eigenvalue weighted by Crippen LogP contribution is 2.13. The molecule has 0 saturated heterocycles. The van der Waals surface area contributed by atoms with Crippen molar-refractivity contribution in [2.75, 3.05) is 6.54 Å². The number of nitrogens with zero attached hydrogens (tertiary/aromatic N) is 2. The maximum absolute atomic E-state index is 11.4. The van der Waals surface area contributed by atoms with Gasteiger partial charge in [-0.1, -0.05) is 23.7 Å². The maximum atomic E-state index is 11.4. The van der Waals surface area contributed by atoms with Crippen LogP contribution in [0.15, 0.2) is 28.7 Å². The minimum atomic E-state index is -0.354. The monoisotopic (exact) mass is 265 g/mol. The van der Waals surface area contributed by atoms with E-state index in [4.69, 9.17) is 16.0 Å². The van der Waals surface area contributed by atoms with Gasteiger partial charge in [0.25, 0.3) is 0 Å². The summed E-state index contributed by atoms with van der Waals surface area (Å²) in [4.78, 5) is 11.4. The SMILES string of the molecule is CCNC(=O)c1nnc(Cc2ccc(Cl)cc2)o1. The highest BCUT2D eigenvalue weighted by Gasteiger charge is 2.13. The van der Waals surface area contributed by atoms with Gasteiger partial charge >= 0.3 is 11.8 Å². The third-order valence-electron chi connectivity index (χ3n) is 2.27. The number of rotatable bonds is 4. The summed E-state index contributed by atoms with van der Waals surface area (Å²) in [5.74, 6) is 0.0340. The Balaban J connectivity index is 2.06. The van der Waals surface area contributed by atoms with Gasteiger partial charge < -0.3 is 9.73 Å². The molecule has 0 aliphatic carbocycles. The summed E-state index contributed by atoms with van der Waals surface area (Å²) >= 11 is 5.79. The van der Waals surface area contributed by atoms with E-state index in [2.05, 4.69) is 15.5 Å². The van der Waals surface area contributed by atoms with Crippen LogP contribution in [0.4, 0.5) is 0 Å². The van der Waals surface area contributed by atoms with Gasteiger partial charge in [0.15, 0.2) is 0 Å². The summed E-state index contributed by atoms with van der Waals surface area (Å²) < 4.78 is 5.26. The number of amides is 1. The standard InChI is InChI=1S/C12H12ClN3O2/c1-2-14-11(17)12-16-15-10(18-12)7-8-3-5-9(13)6-4-8/h3-6H,2,7H2,1H3,(H,14,17). The predicted octanol–water partition coefficient (Wildman–Crippen LogP) is 2.06. The minimum Gasteiger partial charge on any atom is -0.417 e. The van der Waals surface area contributed by atoms with Crippen molar-refractivity contribution in [1.29, 1.82) is 0 Å². The second kappa shape index (κ2) is 5.64. The molecule has 6 heteroatoms. The molecule has 1 N–H and O–H groups in total. The first-order valence-corrected chi connectivity index (χ1v) is 5.92. The van der Waals surface area contributed by atoms with Crippen LogP contribution in [0.5, 0.6) is 0 Å². The molecule has 0 bridgehead atoms. The normalized spacial score (nSPS) is 10.3. The Labute approximate surface area is 109 Å². The van der Waals surface area contributed by atoms with E-state index >= 15 is 0 Å². The van der Waals surface area contributed by atoms with Crippen LogP contribution in [0, 0.1) is 0 Å². The zero-order chi connectivity index (χ0) is 13.0. The van der Waals surface area contributed by atoms with Crippen molar-refractivity contribution < 1.29 is 9.21 Å². The fourth-order valence-electron chi connectivity index (χ4n) is 1.43. The topological polar surface area (TPSA) is 68.0 Å². The summed E-state index contributed by atoms with van der Waals surface area (Å²) in [6, 6.07) is 7.33. The van der Waals surface area contributed by atoms with Crippen LogP contribution in [-0.2, 0) is 6.42 Å². The number of hydrogen-bond acceptors (Lipinski definition) is 4. The van der Waals surface area contributed by atoms with Crippen molar-refractivity contribution in [1.82, 2.24) is 15.5 Å². The second-order valence-corrected chi connectivity index (χ2v) is 4.10. The number of carbonyl (C=O) groups is 1. The molecule has 1 amide bonds. The largest absolute Gasteiger partial charge is 0.417 e. The molecule has 2 aromatic rings. The van der Waals surface area contributed by atoms with Crippen molar-refractivity contribution in [3.05, 3.63) is 46.6 Å². The molecule has 5 nitrogen and oxygen atoms in total. The molecule has 0 saturated carbocycles. The van der Waals surface area contributed by atoms with E-state index in [1.54, 1.807) is 12.1 Å². The molecule has 1 aromatic carbocycles. The molecule has 0 atom stereocenters. The van der Waals surface area contributed by atoms with Gasteiger partial charge in [0.1, 0.15) is 0 Å². The van der Waals surface area contributed by atoms with Gasteiger partial charge in [-0.15, -0.1) is 10.2 Å². The number of halogens is 1. The smallest absolute Gasteiger partial charge is 0.308 e.